The standard InChI is InChI=1S/C11H18O2/c1-9-4-11(5-9)6-10(7-11)2-3-13-8-12/h8-10H,2-7H2,1H3. The molecule has 0 N–H and O–H groups in total. The molecule has 0 bridgehead atoms. The zero-order chi connectivity index (χ0) is 9.31. The van der Waals surface area contributed by atoms with Crippen molar-refractivity contribution in [3.05, 3.63) is 0 Å². The lowest BCUT2D eigenvalue weighted by Crippen LogP contribution is -2.46. The molecule has 2 heteroatoms. The molecule has 0 aromatic carbocycles. The summed E-state index contributed by atoms with van der Waals surface area (Å²) in [6.45, 7) is 3.52. The normalized spacial score (nSPS) is 42.2. The lowest BCUT2D eigenvalue weighted by atomic mass is 9.48. The Morgan fingerprint density at radius 2 is 2.08 bits per heavy atom. The molecule has 0 saturated heterocycles. The van der Waals surface area contributed by atoms with Crippen LogP contribution in [0.5, 0.6) is 0 Å². The van der Waals surface area contributed by atoms with Crippen LogP contribution in [0.4, 0.5) is 0 Å². The van der Waals surface area contributed by atoms with Crippen molar-refractivity contribution in [3.8, 4) is 0 Å². The van der Waals surface area contributed by atoms with Gasteiger partial charge in [0, 0.05) is 0 Å². The molecule has 2 saturated carbocycles. The molecule has 0 unspecified atom stereocenters. The molecule has 13 heavy (non-hydrogen) atoms. The molecule has 2 fully saturated rings. The minimum atomic E-state index is 0.555. The van der Waals surface area contributed by atoms with Crippen molar-refractivity contribution < 1.29 is 9.53 Å². The van der Waals surface area contributed by atoms with E-state index in [1.54, 1.807) is 0 Å². The van der Waals surface area contributed by atoms with Gasteiger partial charge in [0.15, 0.2) is 0 Å². The lowest BCUT2D eigenvalue weighted by Gasteiger charge is -2.57. The largest absolute Gasteiger partial charge is 0.468 e. The monoisotopic (exact) mass is 182 g/mol. The lowest BCUT2D eigenvalue weighted by molar-refractivity contribution is -0.130. The second-order valence-corrected chi connectivity index (χ2v) is 5.04. The Morgan fingerprint density at radius 3 is 2.62 bits per heavy atom. The van der Waals surface area contributed by atoms with Gasteiger partial charge >= 0.3 is 0 Å². The molecular formula is C11H18O2. The third-order valence-corrected chi connectivity index (χ3v) is 3.72. The molecular weight excluding hydrogens is 164 g/mol. The summed E-state index contributed by atoms with van der Waals surface area (Å²) in [5.74, 6) is 1.81. The van der Waals surface area contributed by atoms with E-state index in [4.69, 9.17) is 4.74 Å². The third-order valence-electron chi connectivity index (χ3n) is 3.72. The van der Waals surface area contributed by atoms with Crippen LogP contribution in [0.3, 0.4) is 0 Å². The zero-order valence-corrected chi connectivity index (χ0v) is 8.29. The van der Waals surface area contributed by atoms with Crippen molar-refractivity contribution in [1.82, 2.24) is 0 Å². The predicted octanol–water partition coefficient (Wildman–Crippen LogP) is 2.38. The highest BCUT2D eigenvalue weighted by molar-refractivity contribution is 5.36. The first-order valence-electron chi connectivity index (χ1n) is 5.29. The van der Waals surface area contributed by atoms with Crippen LogP contribution < -0.4 is 0 Å². The molecule has 2 nitrogen and oxygen atoms in total. The maximum Gasteiger partial charge on any atom is 0.293 e. The molecule has 0 aromatic heterocycles. The van der Waals surface area contributed by atoms with Crippen molar-refractivity contribution in [3.63, 3.8) is 0 Å². The van der Waals surface area contributed by atoms with Gasteiger partial charge in [0.1, 0.15) is 0 Å². The Kier molecular flexibility index (Phi) is 2.31. The molecule has 1 spiro atoms. The predicted molar refractivity (Wildman–Crippen MR) is 50.2 cm³/mol. The van der Waals surface area contributed by atoms with Crippen molar-refractivity contribution in [2.75, 3.05) is 6.61 Å². The smallest absolute Gasteiger partial charge is 0.293 e. The van der Waals surface area contributed by atoms with E-state index >= 15 is 0 Å². The number of rotatable bonds is 4. The van der Waals surface area contributed by atoms with Gasteiger partial charge in [-0.3, -0.25) is 4.79 Å². The number of carbonyl (C=O) groups excluding carboxylic acids is 1. The van der Waals surface area contributed by atoms with E-state index in [2.05, 4.69) is 6.92 Å². The van der Waals surface area contributed by atoms with Gasteiger partial charge in [0.05, 0.1) is 6.61 Å². The van der Waals surface area contributed by atoms with Crippen molar-refractivity contribution >= 4 is 6.47 Å². The molecule has 0 aliphatic heterocycles. The van der Waals surface area contributed by atoms with Gasteiger partial charge < -0.3 is 4.74 Å². The first-order valence-corrected chi connectivity index (χ1v) is 5.29. The molecule has 2 aliphatic rings. The average molecular weight is 182 g/mol. The van der Waals surface area contributed by atoms with E-state index in [1.165, 1.54) is 25.7 Å². The van der Waals surface area contributed by atoms with Gasteiger partial charge in [0.2, 0.25) is 0 Å². The maximum absolute atomic E-state index is 9.91. The molecule has 0 heterocycles. The van der Waals surface area contributed by atoms with E-state index in [0.717, 1.165) is 23.7 Å². The Balaban J connectivity index is 1.59. The van der Waals surface area contributed by atoms with Gasteiger partial charge in [-0.05, 0) is 49.4 Å². The van der Waals surface area contributed by atoms with Gasteiger partial charge in [-0.1, -0.05) is 6.92 Å². The summed E-state index contributed by atoms with van der Waals surface area (Å²) in [7, 11) is 0. The Bertz CT molecular complexity index is 186. The average Bonchev–Trinajstić information content (AvgIpc) is 1.97. The molecule has 74 valence electrons. The highest BCUT2D eigenvalue weighted by atomic mass is 16.5. The molecule has 0 amide bonds. The minimum Gasteiger partial charge on any atom is -0.468 e. The van der Waals surface area contributed by atoms with Crippen molar-refractivity contribution in [1.29, 1.82) is 0 Å². The topological polar surface area (TPSA) is 26.3 Å². The summed E-state index contributed by atoms with van der Waals surface area (Å²) in [6.07, 6.45) is 6.74. The third kappa shape index (κ3) is 1.72. The Hall–Kier alpha value is -0.530. The summed E-state index contributed by atoms with van der Waals surface area (Å²) in [4.78, 5) is 9.91. The fourth-order valence-electron chi connectivity index (χ4n) is 3.40. The second kappa shape index (κ2) is 3.32. The fraction of sp³-hybridized carbons (Fsp3) is 0.909. The molecule has 0 atom stereocenters. The van der Waals surface area contributed by atoms with Gasteiger partial charge in [-0.2, -0.15) is 0 Å². The van der Waals surface area contributed by atoms with E-state index in [1.807, 2.05) is 0 Å². The van der Waals surface area contributed by atoms with E-state index in [-0.39, 0.29) is 0 Å². The first kappa shape index (κ1) is 9.04. The fourth-order valence-corrected chi connectivity index (χ4v) is 3.40. The van der Waals surface area contributed by atoms with E-state index < -0.39 is 0 Å². The van der Waals surface area contributed by atoms with Crippen LogP contribution in [-0.4, -0.2) is 13.1 Å². The van der Waals surface area contributed by atoms with E-state index in [9.17, 15) is 4.79 Å². The van der Waals surface area contributed by atoms with E-state index in [0.29, 0.717) is 13.1 Å². The molecule has 0 radical (unpaired) electrons. The number of ether oxygens (including phenoxy) is 1. The van der Waals surface area contributed by atoms with Crippen LogP contribution in [0.25, 0.3) is 0 Å². The number of hydrogen-bond donors (Lipinski definition) is 0. The SMILES string of the molecule is CC1CC2(C1)CC(CCOC=O)C2. The summed E-state index contributed by atoms with van der Waals surface area (Å²) < 4.78 is 4.70. The highest BCUT2D eigenvalue weighted by Gasteiger charge is 2.50. The van der Waals surface area contributed by atoms with Gasteiger partial charge in [-0.25, -0.2) is 0 Å². The number of carbonyl (C=O) groups is 1. The Labute approximate surface area is 79.7 Å². The van der Waals surface area contributed by atoms with Crippen molar-refractivity contribution in [2.24, 2.45) is 17.3 Å². The van der Waals surface area contributed by atoms with Crippen LogP contribution in [0, 0.1) is 17.3 Å². The summed E-state index contributed by atoms with van der Waals surface area (Å²) in [5, 5.41) is 0. The Morgan fingerprint density at radius 1 is 1.38 bits per heavy atom. The summed E-state index contributed by atoms with van der Waals surface area (Å²) in [5.41, 5.74) is 0.741. The minimum absolute atomic E-state index is 0.555. The van der Waals surface area contributed by atoms with Gasteiger partial charge in [-0.15, -0.1) is 0 Å². The highest BCUT2D eigenvalue weighted by Crippen LogP contribution is 2.61. The van der Waals surface area contributed by atoms with Crippen LogP contribution in [0.2, 0.25) is 0 Å². The summed E-state index contributed by atoms with van der Waals surface area (Å²) in [6, 6.07) is 0. The van der Waals surface area contributed by atoms with Crippen LogP contribution >= 0.6 is 0 Å². The molecule has 0 aromatic rings. The zero-order valence-electron chi connectivity index (χ0n) is 8.29. The number of hydrogen-bond acceptors (Lipinski definition) is 2. The van der Waals surface area contributed by atoms with Crippen LogP contribution in [0.1, 0.15) is 39.0 Å². The second-order valence-electron chi connectivity index (χ2n) is 5.04. The molecule has 2 rings (SSSR count). The van der Waals surface area contributed by atoms with Gasteiger partial charge in [0.25, 0.3) is 6.47 Å². The van der Waals surface area contributed by atoms with Crippen molar-refractivity contribution in [2.45, 2.75) is 39.0 Å². The maximum atomic E-state index is 9.91. The first-order chi connectivity index (χ1) is 6.24. The van der Waals surface area contributed by atoms with Crippen LogP contribution in [-0.2, 0) is 9.53 Å². The van der Waals surface area contributed by atoms with Crippen LogP contribution in [0.15, 0.2) is 0 Å². The quantitative estimate of drug-likeness (QED) is 0.493. The summed E-state index contributed by atoms with van der Waals surface area (Å²) >= 11 is 0. The molecule has 2 aliphatic carbocycles.